The van der Waals surface area contributed by atoms with Crippen LogP contribution in [0.25, 0.3) is 0 Å². The van der Waals surface area contributed by atoms with Gasteiger partial charge in [0.1, 0.15) is 5.60 Å². The number of benzene rings is 1. The van der Waals surface area contributed by atoms with E-state index in [4.69, 9.17) is 4.74 Å². The second kappa shape index (κ2) is 7.53. The van der Waals surface area contributed by atoms with Crippen molar-refractivity contribution in [1.29, 1.82) is 0 Å². The highest BCUT2D eigenvalue weighted by molar-refractivity contribution is 14.1. The second-order valence-corrected chi connectivity index (χ2v) is 8.05. The first-order valence-corrected chi connectivity index (χ1v) is 8.89. The fraction of sp³-hybridized carbons (Fsp3) is 0.588. The van der Waals surface area contributed by atoms with Crippen molar-refractivity contribution in [2.45, 2.75) is 39.2 Å². The molecular formula is C17H25IN2O2. The minimum Gasteiger partial charge on any atom is -0.444 e. The molecule has 0 unspecified atom stereocenters. The van der Waals surface area contributed by atoms with Gasteiger partial charge >= 0.3 is 6.09 Å². The number of amides is 1. The van der Waals surface area contributed by atoms with E-state index in [2.05, 4.69) is 52.2 Å². The van der Waals surface area contributed by atoms with Crippen molar-refractivity contribution in [2.24, 2.45) is 5.92 Å². The van der Waals surface area contributed by atoms with Crippen molar-refractivity contribution in [3.8, 4) is 0 Å². The van der Waals surface area contributed by atoms with E-state index in [9.17, 15) is 4.79 Å². The lowest BCUT2D eigenvalue weighted by atomic mass is 9.97. The lowest BCUT2D eigenvalue weighted by molar-refractivity contribution is 0.0188. The van der Waals surface area contributed by atoms with Crippen LogP contribution >= 0.6 is 22.6 Å². The number of nitrogens with zero attached hydrogens (tertiary/aromatic N) is 1. The normalized spacial score (nSPS) is 16.5. The molecule has 5 heteroatoms. The lowest BCUT2D eigenvalue weighted by Crippen LogP contribution is -2.42. The Labute approximate surface area is 146 Å². The zero-order valence-electron chi connectivity index (χ0n) is 13.6. The van der Waals surface area contributed by atoms with Crippen molar-refractivity contribution in [3.63, 3.8) is 0 Å². The monoisotopic (exact) mass is 416 g/mol. The zero-order chi connectivity index (χ0) is 16.2. The summed E-state index contributed by atoms with van der Waals surface area (Å²) in [6, 6.07) is 8.40. The van der Waals surface area contributed by atoms with Gasteiger partial charge in [0.15, 0.2) is 0 Å². The third-order valence-electron chi connectivity index (χ3n) is 3.69. The summed E-state index contributed by atoms with van der Waals surface area (Å²) in [4.78, 5) is 13.9. The zero-order valence-corrected chi connectivity index (χ0v) is 15.7. The molecule has 1 aliphatic rings. The quantitative estimate of drug-likeness (QED) is 0.745. The van der Waals surface area contributed by atoms with Gasteiger partial charge in [0.05, 0.1) is 0 Å². The van der Waals surface area contributed by atoms with Crippen molar-refractivity contribution in [2.75, 3.05) is 25.0 Å². The molecule has 1 aromatic rings. The van der Waals surface area contributed by atoms with Gasteiger partial charge in [-0.3, -0.25) is 0 Å². The molecule has 1 aliphatic heterocycles. The van der Waals surface area contributed by atoms with Crippen LogP contribution in [0.15, 0.2) is 24.3 Å². The van der Waals surface area contributed by atoms with Crippen molar-refractivity contribution in [3.05, 3.63) is 27.8 Å². The summed E-state index contributed by atoms with van der Waals surface area (Å²) >= 11 is 2.32. The van der Waals surface area contributed by atoms with Crippen LogP contribution in [0.3, 0.4) is 0 Å². The molecule has 0 saturated carbocycles. The molecule has 2 rings (SSSR count). The minimum absolute atomic E-state index is 0.184. The standard InChI is InChI=1S/C17H25IN2O2/c1-17(2,3)22-16(21)20-9-7-13(8-10-20)12-19-15-6-4-5-14(18)11-15/h4-6,11,13,19H,7-10,12H2,1-3H3. The van der Waals surface area contributed by atoms with E-state index in [1.165, 1.54) is 9.26 Å². The molecule has 1 heterocycles. The van der Waals surface area contributed by atoms with Gasteiger partial charge in [-0.1, -0.05) is 6.07 Å². The molecule has 1 saturated heterocycles. The summed E-state index contributed by atoms with van der Waals surface area (Å²) in [6.45, 7) is 8.25. The number of carbonyl (C=O) groups is 1. The van der Waals surface area contributed by atoms with E-state index in [0.717, 1.165) is 32.5 Å². The number of nitrogens with one attached hydrogen (secondary N) is 1. The Bertz CT molecular complexity index is 506. The van der Waals surface area contributed by atoms with E-state index >= 15 is 0 Å². The summed E-state index contributed by atoms with van der Waals surface area (Å²) in [6.07, 6.45) is 1.86. The van der Waals surface area contributed by atoms with E-state index in [1.54, 1.807) is 0 Å². The van der Waals surface area contributed by atoms with Gasteiger partial charge < -0.3 is 15.0 Å². The molecule has 1 aromatic carbocycles. The maximum atomic E-state index is 12.0. The number of hydrogen-bond donors (Lipinski definition) is 1. The first-order chi connectivity index (χ1) is 10.3. The Morgan fingerprint density at radius 2 is 2.05 bits per heavy atom. The largest absolute Gasteiger partial charge is 0.444 e. The van der Waals surface area contributed by atoms with E-state index < -0.39 is 5.60 Å². The smallest absolute Gasteiger partial charge is 0.410 e. The highest BCUT2D eigenvalue weighted by Crippen LogP contribution is 2.21. The van der Waals surface area contributed by atoms with Gasteiger partial charge in [0.2, 0.25) is 0 Å². The molecule has 0 bridgehead atoms. The fourth-order valence-electron chi connectivity index (χ4n) is 2.51. The number of piperidine rings is 1. The number of halogens is 1. The lowest BCUT2D eigenvalue weighted by Gasteiger charge is -2.33. The van der Waals surface area contributed by atoms with Gasteiger partial charge in [-0.05, 0) is 80.3 Å². The van der Waals surface area contributed by atoms with Crippen LogP contribution in [0.1, 0.15) is 33.6 Å². The molecule has 0 atom stereocenters. The summed E-state index contributed by atoms with van der Waals surface area (Å²) in [5.41, 5.74) is 0.751. The Balaban J connectivity index is 1.74. The number of carbonyl (C=O) groups excluding carboxylic acids is 1. The topological polar surface area (TPSA) is 41.6 Å². The Morgan fingerprint density at radius 3 is 2.64 bits per heavy atom. The number of likely N-dealkylation sites (tertiary alicyclic amines) is 1. The Hall–Kier alpha value is -0.980. The molecule has 0 radical (unpaired) electrons. The number of anilines is 1. The highest BCUT2D eigenvalue weighted by atomic mass is 127. The maximum Gasteiger partial charge on any atom is 0.410 e. The third-order valence-corrected chi connectivity index (χ3v) is 4.36. The summed E-state index contributed by atoms with van der Waals surface area (Å²) in [5, 5.41) is 3.50. The van der Waals surface area contributed by atoms with E-state index in [-0.39, 0.29) is 6.09 Å². The van der Waals surface area contributed by atoms with Gasteiger partial charge in [-0.2, -0.15) is 0 Å². The molecule has 22 heavy (non-hydrogen) atoms. The van der Waals surface area contributed by atoms with Crippen molar-refractivity contribution in [1.82, 2.24) is 4.90 Å². The van der Waals surface area contributed by atoms with Crippen LogP contribution in [0.4, 0.5) is 10.5 Å². The first-order valence-electron chi connectivity index (χ1n) is 7.81. The fourth-order valence-corrected chi connectivity index (χ4v) is 3.05. The van der Waals surface area contributed by atoms with E-state index in [0.29, 0.717) is 5.92 Å². The molecule has 1 fully saturated rings. The SMILES string of the molecule is CC(C)(C)OC(=O)N1CCC(CNc2cccc(I)c2)CC1. The summed E-state index contributed by atoms with van der Waals surface area (Å²) in [7, 11) is 0. The summed E-state index contributed by atoms with van der Waals surface area (Å²) < 4.78 is 6.66. The number of hydrogen-bond acceptors (Lipinski definition) is 3. The molecule has 1 amide bonds. The Kier molecular flexibility index (Phi) is 5.94. The molecule has 4 nitrogen and oxygen atoms in total. The maximum absolute atomic E-state index is 12.0. The Morgan fingerprint density at radius 1 is 1.36 bits per heavy atom. The van der Waals surface area contributed by atoms with Crippen LogP contribution in [0, 0.1) is 9.49 Å². The predicted octanol–water partition coefficient (Wildman–Crippen LogP) is 4.35. The number of ether oxygens (including phenoxy) is 1. The van der Waals surface area contributed by atoms with Gasteiger partial charge in [0, 0.05) is 28.9 Å². The van der Waals surface area contributed by atoms with Crippen LogP contribution in [0.5, 0.6) is 0 Å². The summed E-state index contributed by atoms with van der Waals surface area (Å²) in [5.74, 6) is 0.608. The van der Waals surface area contributed by atoms with Gasteiger partial charge in [0.25, 0.3) is 0 Å². The van der Waals surface area contributed by atoms with Crippen LogP contribution in [-0.4, -0.2) is 36.2 Å². The second-order valence-electron chi connectivity index (χ2n) is 6.80. The van der Waals surface area contributed by atoms with Crippen molar-refractivity contribution >= 4 is 34.4 Å². The molecule has 0 spiro atoms. The van der Waals surface area contributed by atoms with Crippen LogP contribution in [0.2, 0.25) is 0 Å². The first kappa shape index (κ1) is 17.4. The van der Waals surface area contributed by atoms with Crippen LogP contribution < -0.4 is 5.32 Å². The average molecular weight is 416 g/mol. The van der Waals surface area contributed by atoms with Crippen molar-refractivity contribution < 1.29 is 9.53 Å². The molecular weight excluding hydrogens is 391 g/mol. The predicted molar refractivity (Wildman–Crippen MR) is 98.2 cm³/mol. The minimum atomic E-state index is -0.417. The molecule has 0 aliphatic carbocycles. The van der Waals surface area contributed by atoms with Gasteiger partial charge in [-0.15, -0.1) is 0 Å². The van der Waals surface area contributed by atoms with E-state index in [1.807, 2.05) is 25.7 Å². The molecule has 0 aromatic heterocycles. The average Bonchev–Trinajstić information content (AvgIpc) is 2.44. The third kappa shape index (κ3) is 5.66. The molecule has 1 N–H and O–H groups in total. The highest BCUT2D eigenvalue weighted by Gasteiger charge is 2.26. The van der Waals surface area contributed by atoms with Crippen LogP contribution in [-0.2, 0) is 4.74 Å². The van der Waals surface area contributed by atoms with Gasteiger partial charge in [-0.25, -0.2) is 4.79 Å². The molecule has 122 valence electrons. The number of rotatable bonds is 3.